The van der Waals surface area contributed by atoms with Crippen molar-refractivity contribution in [2.45, 2.75) is 39.2 Å². The van der Waals surface area contributed by atoms with Gasteiger partial charge in [0.2, 0.25) is 0 Å². The van der Waals surface area contributed by atoms with E-state index in [1.807, 2.05) is 0 Å². The maximum absolute atomic E-state index is 12.0. The van der Waals surface area contributed by atoms with Gasteiger partial charge >= 0.3 is 0 Å². The lowest BCUT2D eigenvalue weighted by Gasteiger charge is -2.34. The van der Waals surface area contributed by atoms with Crippen LogP contribution in [-0.4, -0.2) is 16.9 Å². The molecule has 2 rings (SSSR count). The van der Waals surface area contributed by atoms with Gasteiger partial charge in [0.05, 0.1) is 5.56 Å². The van der Waals surface area contributed by atoms with E-state index in [0.29, 0.717) is 23.4 Å². The van der Waals surface area contributed by atoms with Crippen molar-refractivity contribution in [1.82, 2.24) is 10.3 Å². The molecule has 1 aliphatic rings. The highest BCUT2D eigenvalue weighted by atomic mass is 16.1. The third-order valence-electron chi connectivity index (χ3n) is 3.95. The minimum Gasteiger partial charge on any atom is -0.349 e. The largest absolute Gasteiger partial charge is 0.349 e. The van der Waals surface area contributed by atoms with Crippen LogP contribution in [0.1, 0.15) is 43.5 Å². The zero-order valence-corrected chi connectivity index (χ0v) is 10.5. The van der Waals surface area contributed by atoms with E-state index in [0.717, 1.165) is 6.42 Å². The summed E-state index contributed by atoms with van der Waals surface area (Å²) in [6, 6.07) is 3.91. The molecular weight excluding hydrogens is 212 g/mol. The van der Waals surface area contributed by atoms with Gasteiger partial charge < -0.3 is 5.32 Å². The van der Waals surface area contributed by atoms with Crippen LogP contribution in [0.25, 0.3) is 0 Å². The van der Waals surface area contributed by atoms with Gasteiger partial charge in [-0.25, -0.2) is 0 Å². The molecule has 17 heavy (non-hydrogen) atoms. The highest BCUT2D eigenvalue weighted by Gasteiger charge is 2.28. The number of carbonyl (C=O) groups excluding carboxylic acids is 1. The first-order chi connectivity index (χ1) is 8.18. The first kappa shape index (κ1) is 12.1. The lowest BCUT2D eigenvalue weighted by Crippen LogP contribution is -2.43. The normalized spacial score (nSPS) is 28.7. The average molecular weight is 232 g/mol. The minimum atomic E-state index is 0.00375. The zero-order chi connectivity index (χ0) is 12.3. The SMILES string of the molecule is CC1CCCC(NC(=O)c2cccnc2)C1C. The number of amides is 1. The molecule has 92 valence electrons. The maximum Gasteiger partial charge on any atom is 0.253 e. The smallest absolute Gasteiger partial charge is 0.253 e. The summed E-state index contributed by atoms with van der Waals surface area (Å²) in [7, 11) is 0. The molecule has 1 N–H and O–H groups in total. The second kappa shape index (κ2) is 5.30. The van der Waals surface area contributed by atoms with Crippen molar-refractivity contribution in [1.29, 1.82) is 0 Å². The molecule has 0 radical (unpaired) electrons. The van der Waals surface area contributed by atoms with Gasteiger partial charge in [-0.15, -0.1) is 0 Å². The standard InChI is InChI=1S/C14H20N2O/c1-10-5-3-7-13(11(10)2)16-14(17)12-6-4-8-15-9-12/h4,6,8-11,13H,3,5,7H2,1-2H3,(H,16,17). The predicted molar refractivity (Wildman–Crippen MR) is 67.7 cm³/mol. The lowest BCUT2D eigenvalue weighted by molar-refractivity contribution is 0.0890. The van der Waals surface area contributed by atoms with E-state index in [4.69, 9.17) is 0 Å². The summed E-state index contributed by atoms with van der Waals surface area (Å²) in [6.45, 7) is 4.51. The number of hydrogen-bond acceptors (Lipinski definition) is 2. The quantitative estimate of drug-likeness (QED) is 0.851. The van der Waals surface area contributed by atoms with Gasteiger partial charge in [-0.1, -0.05) is 26.7 Å². The molecule has 1 aliphatic carbocycles. The molecule has 1 aromatic heterocycles. The van der Waals surface area contributed by atoms with Gasteiger partial charge in [-0.2, -0.15) is 0 Å². The number of rotatable bonds is 2. The molecule has 0 aromatic carbocycles. The monoisotopic (exact) mass is 232 g/mol. The number of nitrogens with one attached hydrogen (secondary N) is 1. The molecule has 0 saturated heterocycles. The molecule has 1 aromatic rings. The first-order valence-electron chi connectivity index (χ1n) is 6.39. The third-order valence-corrected chi connectivity index (χ3v) is 3.95. The summed E-state index contributed by atoms with van der Waals surface area (Å²) in [5.74, 6) is 1.26. The Morgan fingerprint density at radius 2 is 2.24 bits per heavy atom. The molecule has 3 unspecified atom stereocenters. The molecular formula is C14H20N2O. The van der Waals surface area contributed by atoms with E-state index in [1.165, 1.54) is 12.8 Å². The van der Waals surface area contributed by atoms with Crippen LogP contribution in [0.2, 0.25) is 0 Å². The number of hydrogen-bond donors (Lipinski definition) is 1. The van der Waals surface area contributed by atoms with Crippen molar-refractivity contribution in [3.05, 3.63) is 30.1 Å². The van der Waals surface area contributed by atoms with Crippen LogP contribution in [0.15, 0.2) is 24.5 Å². The van der Waals surface area contributed by atoms with E-state index in [1.54, 1.807) is 24.5 Å². The Hall–Kier alpha value is -1.38. The Morgan fingerprint density at radius 3 is 2.94 bits per heavy atom. The predicted octanol–water partition coefficient (Wildman–Crippen LogP) is 2.64. The Labute approximate surface area is 103 Å². The third kappa shape index (κ3) is 2.84. The first-order valence-corrected chi connectivity index (χ1v) is 6.39. The summed E-state index contributed by atoms with van der Waals surface area (Å²) in [6.07, 6.45) is 6.88. The minimum absolute atomic E-state index is 0.00375. The summed E-state index contributed by atoms with van der Waals surface area (Å²) >= 11 is 0. The maximum atomic E-state index is 12.0. The van der Waals surface area contributed by atoms with E-state index in [2.05, 4.69) is 24.1 Å². The summed E-state index contributed by atoms with van der Waals surface area (Å²) in [4.78, 5) is 16.0. The molecule has 3 heteroatoms. The lowest BCUT2D eigenvalue weighted by atomic mass is 9.78. The molecule has 1 amide bonds. The fourth-order valence-electron chi connectivity index (χ4n) is 2.53. The van der Waals surface area contributed by atoms with Crippen molar-refractivity contribution in [3.8, 4) is 0 Å². The number of carbonyl (C=O) groups is 1. The van der Waals surface area contributed by atoms with Crippen molar-refractivity contribution in [3.63, 3.8) is 0 Å². The van der Waals surface area contributed by atoms with Crippen LogP contribution < -0.4 is 5.32 Å². The molecule has 1 heterocycles. The topological polar surface area (TPSA) is 42.0 Å². The summed E-state index contributed by atoms with van der Waals surface area (Å²) in [5, 5.41) is 3.14. The van der Waals surface area contributed by atoms with Gasteiger partial charge in [0.1, 0.15) is 0 Å². The summed E-state index contributed by atoms with van der Waals surface area (Å²) < 4.78 is 0. The van der Waals surface area contributed by atoms with Crippen LogP contribution in [0.5, 0.6) is 0 Å². The molecule has 1 saturated carbocycles. The highest BCUT2D eigenvalue weighted by Crippen LogP contribution is 2.29. The Morgan fingerprint density at radius 1 is 1.41 bits per heavy atom. The number of aromatic nitrogens is 1. The fraction of sp³-hybridized carbons (Fsp3) is 0.571. The zero-order valence-electron chi connectivity index (χ0n) is 10.5. The van der Waals surface area contributed by atoms with Gasteiger partial charge in [0, 0.05) is 18.4 Å². The average Bonchev–Trinajstić information content (AvgIpc) is 2.36. The van der Waals surface area contributed by atoms with Crippen LogP contribution in [0.4, 0.5) is 0 Å². The van der Waals surface area contributed by atoms with E-state index >= 15 is 0 Å². The fourth-order valence-corrected chi connectivity index (χ4v) is 2.53. The molecule has 3 nitrogen and oxygen atoms in total. The molecule has 3 atom stereocenters. The van der Waals surface area contributed by atoms with Crippen LogP contribution in [0.3, 0.4) is 0 Å². The number of nitrogens with zero attached hydrogens (tertiary/aromatic N) is 1. The van der Waals surface area contributed by atoms with Crippen molar-refractivity contribution >= 4 is 5.91 Å². The Kier molecular flexibility index (Phi) is 3.77. The van der Waals surface area contributed by atoms with Crippen molar-refractivity contribution in [2.75, 3.05) is 0 Å². The van der Waals surface area contributed by atoms with Gasteiger partial charge in [-0.05, 0) is 30.4 Å². The van der Waals surface area contributed by atoms with E-state index in [-0.39, 0.29) is 5.91 Å². The second-order valence-electron chi connectivity index (χ2n) is 5.09. The Balaban J connectivity index is 1.99. The van der Waals surface area contributed by atoms with Gasteiger partial charge in [-0.3, -0.25) is 9.78 Å². The molecule has 0 bridgehead atoms. The van der Waals surface area contributed by atoms with Crippen LogP contribution in [-0.2, 0) is 0 Å². The molecule has 0 spiro atoms. The summed E-state index contributed by atoms with van der Waals surface area (Å²) in [5.41, 5.74) is 0.651. The van der Waals surface area contributed by atoms with Crippen LogP contribution >= 0.6 is 0 Å². The second-order valence-corrected chi connectivity index (χ2v) is 5.09. The highest BCUT2D eigenvalue weighted by molar-refractivity contribution is 5.94. The van der Waals surface area contributed by atoms with Gasteiger partial charge in [0.25, 0.3) is 5.91 Å². The van der Waals surface area contributed by atoms with E-state index < -0.39 is 0 Å². The Bertz CT molecular complexity index is 377. The van der Waals surface area contributed by atoms with Crippen molar-refractivity contribution < 1.29 is 4.79 Å². The van der Waals surface area contributed by atoms with Crippen LogP contribution in [0, 0.1) is 11.8 Å². The van der Waals surface area contributed by atoms with Gasteiger partial charge in [0.15, 0.2) is 0 Å². The molecule has 1 fully saturated rings. The van der Waals surface area contributed by atoms with Crippen molar-refractivity contribution in [2.24, 2.45) is 11.8 Å². The molecule has 0 aliphatic heterocycles. The number of pyridine rings is 1. The van der Waals surface area contributed by atoms with E-state index in [9.17, 15) is 4.79 Å².